The van der Waals surface area contributed by atoms with Crippen molar-refractivity contribution < 1.29 is 53.5 Å². The number of ketones is 1. The Kier molecular flexibility index (Phi) is 14.5. The summed E-state index contributed by atoms with van der Waals surface area (Å²) in [6, 6.07) is -0.0113. The predicted octanol–water partition coefficient (Wildman–Crippen LogP) is -0.322. The molecule has 13 nitrogen and oxygen atoms in total. The number of aliphatic hydroxyl groups is 1. The van der Waals surface area contributed by atoms with Gasteiger partial charge in [-0.15, -0.1) is 12.4 Å². The summed E-state index contributed by atoms with van der Waals surface area (Å²) in [6.45, 7) is 0.416. The first-order valence-electron chi connectivity index (χ1n) is 13.1. The number of piperidine rings is 4. The van der Waals surface area contributed by atoms with Crippen molar-refractivity contribution in [3.05, 3.63) is 0 Å². The van der Waals surface area contributed by atoms with Crippen LogP contribution in [0.5, 0.6) is 0 Å². The van der Waals surface area contributed by atoms with Crippen molar-refractivity contribution in [2.75, 3.05) is 41.5 Å². The van der Waals surface area contributed by atoms with Crippen LogP contribution < -0.4 is 0 Å². The van der Waals surface area contributed by atoms with Crippen LogP contribution in [0.1, 0.15) is 51.4 Å². The van der Waals surface area contributed by atoms with Crippen LogP contribution in [0, 0.1) is 11.8 Å². The lowest BCUT2D eigenvalue weighted by atomic mass is 9.77. The topological polar surface area (TPSA) is 180 Å². The first-order valence-corrected chi connectivity index (χ1v) is 13.1. The summed E-state index contributed by atoms with van der Waals surface area (Å²) >= 11 is 0. The largest absolute Gasteiger partial charge is 0.469 e. The lowest BCUT2D eigenvalue weighted by Gasteiger charge is -2.49. The van der Waals surface area contributed by atoms with E-state index in [0.29, 0.717) is 51.4 Å². The molecule has 4 saturated heterocycles. The van der Waals surface area contributed by atoms with Crippen LogP contribution >= 0.6 is 12.4 Å². The zero-order valence-corrected chi connectivity index (χ0v) is 24.4. The van der Waals surface area contributed by atoms with Crippen LogP contribution in [-0.4, -0.2) is 122 Å². The van der Waals surface area contributed by atoms with Gasteiger partial charge in [-0.3, -0.25) is 33.8 Å². The number of ether oxygens (including phenoxy) is 4. The molecule has 0 aliphatic carbocycles. The third-order valence-electron chi connectivity index (χ3n) is 8.27. The number of fused-ring (bicyclic) bond motifs is 4. The zero-order valence-electron chi connectivity index (χ0n) is 23.5. The minimum Gasteiger partial charge on any atom is -0.469 e. The zero-order chi connectivity index (χ0) is 28.0. The van der Waals surface area contributed by atoms with Crippen molar-refractivity contribution in [2.24, 2.45) is 11.8 Å². The van der Waals surface area contributed by atoms with E-state index >= 15 is 0 Å². The summed E-state index contributed by atoms with van der Waals surface area (Å²) in [5, 5.41) is 9.85. The molecule has 4 atom stereocenters. The van der Waals surface area contributed by atoms with Gasteiger partial charge < -0.3 is 29.5 Å². The highest BCUT2D eigenvalue weighted by atomic mass is 35.5. The Morgan fingerprint density at radius 3 is 1.38 bits per heavy atom. The number of nitrogens with zero attached hydrogens (tertiary/aromatic N) is 2. The lowest BCUT2D eigenvalue weighted by molar-refractivity contribution is -0.155. The first-order chi connectivity index (χ1) is 18.1. The minimum atomic E-state index is -0.345. The molecule has 3 N–H and O–H groups in total. The Hall–Kier alpha value is -2.32. The van der Waals surface area contributed by atoms with Crippen LogP contribution in [0.15, 0.2) is 0 Å². The molecule has 4 rings (SSSR count). The van der Waals surface area contributed by atoms with Gasteiger partial charge in [0.1, 0.15) is 5.78 Å². The fourth-order valence-corrected chi connectivity index (χ4v) is 6.50. The van der Waals surface area contributed by atoms with E-state index < -0.39 is 0 Å². The van der Waals surface area contributed by atoms with E-state index in [2.05, 4.69) is 9.64 Å². The van der Waals surface area contributed by atoms with Gasteiger partial charge in [0.15, 0.2) is 0 Å². The highest BCUT2D eigenvalue weighted by Crippen LogP contribution is 2.38. The Morgan fingerprint density at radius 1 is 0.675 bits per heavy atom. The van der Waals surface area contributed by atoms with Gasteiger partial charge in [-0.25, -0.2) is 0 Å². The molecule has 0 aromatic heterocycles. The predicted molar refractivity (Wildman–Crippen MR) is 142 cm³/mol. The number of rotatable bonds is 6. The first kappa shape index (κ1) is 35.7. The van der Waals surface area contributed by atoms with Crippen LogP contribution in [0.4, 0.5) is 0 Å². The highest BCUT2D eigenvalue weighted by molar-refractivity contribution is 5.85. The van der Waals surface area contributed by atoms with E-state index in [4.69, 9.17) is 14.2 Å². The molecule has 4 bridgehead atoms. The quantitative estimate of drug-likeness (QED) is 0.313. The maximum atomic E-state index is 11.7. The van der Waals surface area contributed by atoms with Crippen LogP contribution in [0.3, 0.4) is 0 Å². The molecule has 4 unspecified atom stereocenters. The summed E-state index contributed by atoms with van der Waals surface area (Å²) in [7, 11) is 5.50. The van der Waals surface area contributed by atoms with Gasteiger partial charge >= 0.3 is 23.9 Å². The number of esters is 4. The van der Waals surface area contributed by atoms with Gasteiger partial charge in [0.05, 0.1) is 59.5 Å². The van der Waals surface area contributed by atoms with Crippen LogP contribution in [-0.2, 0) is 42.9 Å². The van der Waals surface area contributed by atoms with Crippen molar-refractivity contribution >= 4 is 42.1 Å². The molecular formula is C26H43ClN2O11. The normalized spacial score (nSPS) is 31.1. The Morgan fingerprint density at radius 2 is 1.02 bits per heavy atom. The standard InChI is InChI=1S/C13H21NO5.C13H19NO5.ClH.H2O/c2*1-18-12(16)7-14-9-3-8(13(17)19-2)4-10(14)6-11(15)5-9;;/h8-11,15H,3-7H2,1-2H3;8-10H,3-7H2,1-2H3;1H;1H2. The molecule has 0 amide bonds. The van der Waals surface area contributed by atoms with Crippen LogP contribution in [0.2, 0.25) is 0 Å². The Balaban J connectivity index is 0.000000381. The Labute approximate surface area is 240 Å². The van der Waals surface area contributed by atoms with Gasteiger partial charge in [0, 0.05) is 37.0 Å². The molecular weight excluding hydrogens is 552 g/mol. The third kappa shape index (κ3) is 8.84. The molecule has 4 heterocycles. The number of aliphatic hydroxyl groups excluding tert-OH is 1. The molecule has 40 heavy (non-hydrogen) atoms. The van der Waals surface area contributed by atoms with E-state index in [1.807, 2.05) is 4.90 Å². The second kappa shape index (κ2) is 16.2. The van der Waals surface area contributed by atoms with E-state index in [-0.39, 0.29) is 103 Å². The van der Waals surface area contributed by atoms with Crippen molar-refractivity contribution in [1.29, 1.82) is 0 Å². The smallest absolute Gasteiger partial charge is 0.319 e. The van der Waals surface area contributed by atoms with E-state index in [1.54, 1.807) is 0 Å². The average Bonchev–Trinajstić information content (AvgIpc) is 2.88. The number of Topliss-reactive ketones (excluding diaryl/α,β-unsaturated/α-hetero) is 1. The van der Waals surface area contributed by atoms with Gasteiger partial charge in [-0.2, -0.15) is 0 Å². The van der Waals surface area contributed by atoms with Crippen molar-refractivity contribution in [2.45, 2.75) is 81.6 Å². The molecule has 230 valence electrons. The second-order valence-corrected chi connectivity index (χ2v) is 10.6. The fourth-order valence-electron chi connectivity index (χ4n) is 6.50. The van der Waals surface area contributed by atoms with Crippen molar-refractivity contribution in [3.8, 4) is 0 Å². The maximum absolute atomic E-state index is 11.7. The molecule has 0 spiro atoms. The van der Waals surface area contributed by atoms with Gasteiger partial charge in [0.2, 0.25) is 0 Å². The number of hydrogen-bond acceptors (Lipinski definition) is 12. The van der Waals surface area contributed by atoms with E-state index in [0.717, 1.165) is 0 Å². The minimum absolute atomic E-state index is 0. The summed E-state index contributed by atoms with van der Waals surface area (Å²) in [4.78, 5) is 61.9. The van der Waals surface area contributed by atoms with Gasteiger partial charge in [-0.05, 0) is 38.5 Å². The van der Waals surface area contributed by atoms with Crippen molar-refractivity contribution in [3.63, 3.8) is 0 Å². The molecule has 4 fully saturated rings. The molecule has 0 aromatic rings. The highest BCUT2D eigenvalue weighted by Gasteiger charge is 2.45. The number of carbonyl (C=O) groups excluding carboxylic acids is 5. The average molecular weight is 595 g/mol. The fraction of sp³-hybridized carbons (Fsp3) is 0.808. The third-order valence-corrected chi connectivity index (χ3v) is 8.27. The number of hydrogen-bond donors (Lipinski definition) is 1. The number of carbonyl (C=O) groups is 5. The molecule has 4 aliphatic heterocycles. The van der Waals surface area contributed by atoms with Gasteiger partial charge in [-0.1, -0.05) is 0 Å². The monoisotopic (exact) mass is 594 g/mol. The van der Waals surface area contributed by atoms with E-state index in [9.17, 15) is 29.1 Å². The van der Waals surface area contributed by atoms with Crippen LogP contribution in [0.25, 0.3) is 0 Å². The molecule has 0 radical (unpaired) electrons. The Bertz CT molecular complexity index is 870. The maximum Gasteiger partial charge on any atom is 0.319 e. The van der Waals surface area contributed by atoms with E-state index in [1.165, 1.54) is 28.4 Å². The summed E-state index contributed by atoms with van der Waals surface area (Å²) in [5.74, 6) is -1.07. The summed E-state index contributed by atoms with van der Waals surface area (Å²) in [6.07, 6.45) is 4.08. The summed E-state index contributed by atoms with van der Waals surface area (Å²) in [5.41, 5.74) is 0. The summed E-state index contributed by atoms with van der Waals surface area (Å²) < 4.78 is 19.0. The lowest BCUT2D eigenvalue weighted by Crippen LogP contribution is -2.57. The number of halogens is 1. The molecule has 0 aromatic carbocycles. The SMILES string of the molecule is COC(=O)CN1C2CC(=O)CC1CC(C(=O)OC)C2.COC(=O)CN1C2CC(O)CC1CC(C(=O)OC)C2.Cl.O. The van der Waals surface area contributed by atoms with Crippen molar-refractivity contribution in [1.82, 2.24) is 9.80 Å². The van der Waals surface area contributed by atoms with Gasteiger partial charge in [0.25, 0.3) is 0 Å². The molecule has 14 heteroatoms. The second-order valence-electron chi connectivity index (χ2n) is 10.6. The molecule has 4 aliphatic rings. The number of methoxy groups -OCH3 is 4. The molecule has 0 saturated carbocycles.